The largest absolute Gasteiger partial charge is 0.398 e. The first-order chi connectivity index (χ1) is 11.7. The molecule has 0 radical (unpaired) electrons. The number of nitrogens with zero attached hydrogens (tertiary/aromatic N) is 2. The molecule has 5 nitrogen and oxygen atoms in total. The number of pyridine rings is 1. The van der Waals surface area contributed by atoms with Gasteiger partial charge in [0.15, 0.2) is 0 Å². The molecule has 1 fully saturated rings. The Morgan fingerprint density at radius 3 is 2.75 bits per heavy atom. The first-order valence-corrected chi connectivity index (χ1v) is 7.81. The molecule has 0 atom stereocenters. The highest BCUT2D eigenvalue weighted by Crippen LogP contribution is 2.17. The number of esters is 1. The van der Waals surface area contributed by atoms with Crippen LogP contribution in [-0.2, 0) is 9.53 Å². The van der Waals surface area contributed by atoms with E-state index in [1.165, 1.54) is 0 Å². The van der Waals surface area contributed by atoms with Gasteiger partial charge in [0.1, 0.15) is 5.82 Å². The Balaban J connectivity index is 1.68. The van der Waals surface area contributed by atoms with Crippen LogP contribution in [0.15, 0.2) is 42.5 Å². The SMILES string of the molecule is Cc1ccccc1C#CC(=O)Oc1cccc(N2CCOCC2)n1. The molecule has 5 heteroatoms. The lowest BCUT2D eigenvalue weighted by molar-refractivity contribution is -0.128. The average molecular weight is 322 g/mol. The number of aromatic nitrogens is 1. The number of ether oxygens (including phenoxy) is 2. The number of rotatable bonds is 2. The summed E-state index contributed by atoms with van der Waals surface area (Å²) in [5, 5.41) is 0. The number of benzene rings is 1. The van der Waals surface area contributed by atoms with E-state index in [2.05, 4.69) is 21.7 Å². The fourth-order valence-corrected chi connectivity index (χ4v) is 2.38. The number of carbonyl (C=O) groups excluding carboxylic acids is 1. The Kier molecular flexibility index (Phi) is 5.09. The minimum Gasteiger partial charge on any atom is -0.398 e. The predicted octanol–water partition coefficient (Wildman–Crippen LogP) is 2.18. The van der Waals surface area contributed by atoms with Crippen molar-refractivity contribution < 1.29 is 14.3 Å². The zero-order valence-electron chi connectivity index (χ0n) is 13.5. The van der Waals surface area contributed by atoms with E-state index in [0.717, 1.165) is 30.0 Å². The lowest BCUT2D eigenvalue weighted by atomic mass is 10.1. The van der Waals surface area contributed by atoms with Gasteiger partial charge < -0.3 is 14.4 Å². The van der Waals surface area contributed by atoms with Crippen LogP contribution in [0.3, 0.4) is 0 Å². The number of hydrogen-bond acceptors (Lipinski definition) is 5. The van der Waals surface area contributed by atoms with Gasteiger partial charge in [-0.15, -0.1) is 0 Å². The Bertz CT molecular complexity index is 786. The smallest absolute Gasteiger partial charge is 0.391 e. The second kappa shape index (κ2) is 7.62. The Morgan fingerprint density at radius 1 is 1.17 bits per heavy atom. The normalized spacial score (nSPS) is 13.8. The molecule has 24 heavy (non-hydrogen) atoms. The van der Waals surface area contributed by atoms with Gasteiger partial charge in [0.25, 0.3) is 0 Å². The van der Waals surface area contributed by atoms with Crippen molar-refractivity contribution in [2.24, 2.45) is 0 Å². The average Bonchev–Trinajstić information content (AvgIpc) is 2.62. The lowest BCUT2D eigenvalue weighted by Crippen LogP contribution is -2.36. The second-order valence-electron chi connectivity index (χ2n) is 5.39. The quantitative estimate of drug-likeness (QED) is 0.627. The van der Waals surface area contributed by atoms with Gasteiger partial charge in [0, 0.05) is 30.6 Å². The topological polar surface area (TPSA) is 51.7 Å². The van der Waals surface area contributed by atoms with Gasteiger partial charge in [0.2, 0.25) is 5.88 Å². The molecule has 0 bridgehead atoms. The van der Waals surface area contributed by atoms with Crippen LogP contribution in [0.4, 0.5) is 5.82 Å². The minimum atomic E-state index is -0.620. The summed E-state index contributed by atoms with van der Waals surface area (Å²) in [6.45, 7) is 4.85. The summed E-state index contributed by atoms with van der Waals surface area (Å²) in [5.74, 6) is 5.74. The molecule has 0 amide bonds. The Morgan fingerprint density at radius 2 is 1.96 bits per heavy atom. The number of anilines is 1. The fraction of sp³-hybridized carbons (Fsp3) is 0.263. The summed E-state index contributed by atoms with van der Waals surface area (Å²) in [6.07, 6.45) is 0. The highest BCUT2D eigenvalue weighted by molar-refractivity contribution is 5.90. The maximum Gasteiger partial charge on any atom is 0.391 e. The highest BCUT2D eigenvalue weighted by Gasteiger charge is 2.13. The number of carbonyl (C=O) groups is 1. The van der Waals surface area contributed by atoms with E-state index in [4.69, 9.17) is 9.47 Å². The van der Waals surface area contributed by atoms with Gasteiger partial charge in [-0.05, 0) is 24.6 Å². The molecule has 1 aromatic carbocycles. The molecule has 1 aliphatic rings. The molecule has 1 aliphatic heterocycles. The van der Waals surface area contributed by atoms with Gasteiger partial charge in [-0.3, -0.25) is 0 Å². The second-order valence-corrected chi connectivity index (χ2v) is 5.39. The third-order valence-electron chi connectivity index (χ3n) is 3.69. The van der Waals surface area contributed by atoms with E-state index in [1.54, 1.807) is 6.07 Å². The lowest BCUT2D eigenvalue weighted by Gasteiger charge is -2.27. The summed E-state index contributed by atoms with van der Waals surface area (Å²) < 4.78 is 10.6. The predicted molar refractivity (Wildman–Crippen MR) is 91.0 cm³/mol. The monoisotopic (exact) mass is 322 g/mol. The Labute approximate surface area is 141 Å². The van der Waals surface area contributed by atoms with Crippen molar-refractivity contribution in [2.45, 2.75) is 6.92 Å². The van der Waals surface area contributed by atoms with E-state index in [-0.39, 0.29) is 5.88 Å². The van der Waals surface area contributed by atoms with Crippen molar-refractivity contribution >= 4 is 11.8 Å². The molecule has 1 aromatic heterocycles. The molecule has 1 saturated heterocycles. The zero-order valence-corrected chi connectivity index (χ0v) is 13.5. The van der Waals surface area contributed by atoms with E-state index < -0.39 is 5.97 Å². The van der Waals surface area contributed by atoms with Crippen LogP contribution in [0.25, 0.3) is 0 Å². The van der Waals surface area contributed by atoms with Crippen LogP contribution < -0.4 is 9.64 Å². The van der Waals surface area contributed by atoms with Crippen LogP contribution in [-0.4, -0.2) is 37.3 Å². The first-order valence-electron chi connectivity index (χ1n) is 7.81. The summed E-state index contributed by atoms with van der Waals surface area (Å²) in [7, 11) is 0. The van der Waals surface area contributed by atoms with Crippen molar-refractivity contribution in [3.05, 3.63) is 53.6 Å². The summed E-state index contributed by atoms with van der Waals surface area (Å²) >= 11 is 0. The number of hydrogen-bond donors (Lipinski definition) is 0. The molecule has 2 heterocycles. The van der Waals surface area contributed by atoms with Crippen LogP contribution in [0.5, 0.6) is 5.88 Å². The molecule has 0 unspecified atom stereocenters. The van der Waals surface area contributed by atoms with Crippen LogP contribution >= 0.6 is 0 Å². The van der Waals surface area contributed by atoms with Gasteiger partial charge in [0.05, 0.1) is 13.2 Å². The number of aryl methyl sites for hydroxylation is 1. The number of morpholine rings is 1. The molecule has 3 rings (SSSR count). The summed E-state index contributed by atoms with van der Waals surface area (Å²) in [6, 6.07) is 13.0. The zero-order chi connectivity index (χ0) is 16.8. The van der Waals surface area contributed by atoms with Crippen molar-refractivity contribution in [3.63, 3.8) is 0 Å². The Hall–Kier alpha value is -2.84. The van der Waals surface area contributed by atoms with Crippen LogP contribution in [0.1, 0.15) is 11.1 Å². The molecule has 2 aromatic rings. The van der Waals surface area contributed by atoms with E-state index in [9.17, 15) is 4.79 Å². The highest BCUT2D eigenvalue weighted by atomic mass is 16.5. The fourth-order valence-electron chi connectivity index (χ4n) is 2.38. The molecule has 122 valence electrons. The van der Waals surface area contributed by atoms with Gasteiger partial charge in [-0.2, -0.15) is 4.98 Å². The minimum absolute atomic E-state index is 0.253. The molecular formula is C19H18N2O3. The van der Waals surface area contributed by atoms with Crippen molar-refractivity contribution in [2.75, 3.05) is 31.2 Å². The third-order valence-corrected chi connectivity index (χ3v) is 3.69. The van der Waals surface area contributed by atoms with Gasteiger partial charge in [-0.1, -0.05) is 30.2 Å². The van der Waals surface area contributed by atoms with Crippen molar-refractivity contribution in [3.8, 4) is 17.7 Å². The van der Waals surface area contributed by atoms with Gasteiger partial charge >= 0.3 is 5.97 Å². The van der Waals surface area contributed by atoms with E-state index in [0.29, 0.717) is 13.2 Å². The van der Waals surface area contributed by atoms with E-state index in [1.807, 2.05) is 43.3 Å². The standard InChI is InChI=1S/C19H18N2O3/c1-15-5-2-3-6-16(15)9-10-19(22)24-18-8-4-7-17(20-18)21-11-13-23-14-12-21/h2-8H,11-14H2,1H3. The summed E-state index contributed by atoms with van der Waals surface area (Å²) in [4.78, 5) is 18.4. The molecule has 0 saturated carbocycles. The molecule has 0 aliphatic carbocycles. The maximum atomic E-state index is 11.9. The van der Waals surface area contributed by atoms with Crippen molar-refractivity contribution in [1.29, 1.82) is 0 Å². The van der Waals surface area contributed by atoms with Gasteiger partial charge in [-0.25, -0.2) is 4.79 Å². The summed E-state index contributed by atoms with van der Waals surface area (Å²) in [5.41, 5.74) is 1.83. The van der Waals surface area contributed by atoms with Crippen molar-refractivity contribution in [1.82, 2.24) is 4.98 Å². The third kappa shape index (κ3) is 4.12. The molecule has 0 N–H and O–H groups in total. The maximum absolute atomic E-state index is 11.9. The van der Waals surface area contributed by atoms with E-state index >= 15 is 0 Å². The molecule has 0 spiro atoms. The van der Waals surface area contributed by atoms with Crippen LogP contribution in [0.2, 0.25) is 0 Å². The first kappa shape index (κ1) is 16.0. The molecular weight excluding hydrogens is 304 g/mol. The van der Waals surface area contributed by atoms with Crippen LogP contribution in [0, 0.1) is 18.8 Å².